The third-order valence-electron chi connectivity index (χ3n) is 2.74. The molecule has 0 fully saturated rings. The number of benzene rings is 1. The Kier molecular flexibility index (Phi) is 4.62. The zero-order chi connectivity index (χ0) is 14.4. The molecule has 0 unspecified atom stereocenters. The van der Waals surface area contributed by atoms with Crippen LogP contribution in [0, 0.1) is 0 Å². The van der Waals surface area contributed by atoms with Gasteiger partial charge in [-0.1, -0.05) is 18.2 Å². The first-order chi connectivity index (χ1) is 9.72. The predicted octanol–water partition coefficient (Wildman–Crippen LogP) is 1.11. The Morgan fingerprint density at radius 2 is 1.90 bits per heavy atom. The van der Waals surface area contributed by atoms with Gasteiger partial charge in [0.1, 0.15) is 6.04 Å². The lowest BCUT2D eigenvalue weighted by atomic mass is 10.2. The van der Waals surface area contributed by atoms with Crippen LogP contribution in [0.5, 0.6) is 0 Å². The van der Waals surface area contributed by atoms with Crippen LogP contribution in [0.4, 0.5) is 11.6 Å². The SMILES string of the molecule is COC(=O)[C@@H](N)CN(c1ccccc1)c1ncccn1. The second-order valence-corrected chi connectivity index (χ2v) is 4.12. The highest BCUT2D eigenvalue weighted by Crippen LogP contribution is 2.21. The Morgan fingerprint density at radius 1 is 1.25 bits per heavy atom. The molecule has 0 amide bonds. The number of aromatic nitrogens is 2. The molecule has 0 radical (unpaired) electrons. The van der Waals surface area contributed by atoms with Crippen LogP contribution in [0.1, 0.15) is 0 Å². The second kappa shape index (κ2) is 6.63. The number of carbonyl (C=O) groups excluding carboxylic acids is 1. The molecular weight excluding hydrogens is 256 g/mol. The van der Waals surface area contributed by atoms with Gasteiger partial charge >= 0.3 is 5.97 Å². The van der Waals surface area contributed by atoms with E-state index in [0.717, 1.165) is 5.69 Å². The van der Waals surface area contributed by atoms with Gasteiger partial charge in [0.05, 0.1) is 13.7 Å². The van der Waals surface area contributed by atoms with E-state index in [4.69, 9.17) is 5.73 Å². The van der Waals surface area contributed by atoms with E-state index in [2.05, 4.69) is 14.7 Å². The normalized spacial score (nSPS) is 11.7. The van der Waals surface area contributed by atoms with Crippen molar-refractivity contribution in [1.82, 2.24) is 9.97 Å². The van der Waals surface area contributed by atoms with Gasteiger partial charge in [0.15, 0.2) is 0 Å². The summed E-state index contributed by atoms with van der Waals surface area (Å²) in [4.78, 5) is 21.7. The van der Waals surface area contributed by atoms with E-state index in [-0.39, 0.29) is 6.54 Å². The van der Waals surface area contributed by atoms with Crippen LogP contribution in [0.3, 0.4) is 0 Å². The van der Waals surface area contributed by atoms with E-state index in [0.29, 0.717) is 5.95 Å². The highest BCUT2D eigenvalue weighted by Gasteiger charge is 2.21. The minimum Gasteiger partial charge on any atom is -0.468 e. The van der Waals surface area contributed by atoms with E-state index in [1.807, 2.05) is 30.3 Å². The Labute approximate surface area is 117 Å². The van der Waals surface area contributed by atoms with E-state index in [9.17, 15) is 4.79 Å². The van der Waals surface area contributed by atoms with Crippen molar-refractivity contribution in [1.29, 1.82) is 0 Å². The van der Waals surface area contributed by atoms with Crippen molar-refractivity contribution in [2.24, 2.45) is 5.73 Å². The average Bonchev–Trinajstić information content (AvgIpc) is 2.53. The third kappa shape index (κ3) is 3.30. The Morgan fingerprint density at radius 3 is 2.50 bits per heavy atom. The molecule has 1 atom stereocenters. The molecule has 20 heavy (non-hydrogen) atoms. The number of carbonyl (C=O) groups is 1. The van der Waals surface area contributed by atoms with Crippen LogP contribution in [-0.2, 0) is 9.53 Å². The highest BCUT2D eigenvalue weighted by molar-refractivity contribution is 5.77. The first-order valence-electron chi connectivity index (χ1n) is 6.15. The summed E-state index contributed by atoms with van der Waals surface area (Å²) < 4.78 is 4.65. The number of hydrogen-bond acceptors (Lipinski definition) is 6. The molecular formula is C14H16N4O2. The van der Waals surface area contributed by atoms with Gasteiger partial charge in [0.2, 0.25) is 5.95 Å². The molecule has 0 saturated carbocycles. The lowest BCUT2D eigenvalue weighted by Gasteiger charge is -2.24. The van der Waals surface area contributed by atoms with Gasteiger partial charge in [-0.25, -0.2) is 9.97 Å². The molecule has 1 aromatic heterocycles. The van der Waals surface area contributed by atoms with Crippen LogP contribution >= 0.6 is 0 Å². The maximum atomic E-state index is 11.5. The van der Waals surface area contributed by atoms with Crippen molar-refractivity contribution < 1.29 is 9.53 Å². The molecule has 104 valence electrons. The molecule has 0 aliphatic carbocycles. The summed E-state index contributed by atoms with van der Waals surface area (Å²) in [5.74, 6) is 0.0138. The molecule has 0 saturated heterocycles. The van der Waals surface area contributed by atoms with E-state index < -0.39 is 12.0 Å². The predicted molar refractivity (Wildman–Crippen MR) is 75.5 cm³/mol. The van der Waals surface area contributed by atoms with Crippen LogP contribution in [0.2, 0.25) is 0 Å². The minimum absolute atomic E-state index is 0.237. The van der Waals surface area contributed by atoms with Crippen LogP contribution in [-0.4, -0.2) is 35.6 Å². The number of methoxy groups -OCH3 is 1. The van der Waals surface area contributed by atoms with Crippen molar-refractivity contribution in [2.75, 3.05) is 18.6 Å². The average molecular weight is 272 g/mol. The van der Waals surface area contributed by atoms with Gasteiger partial charge in [-0.2, -0.15) is 0 Å². The van der Waals surface area contributed by atoms with Gasteiger partial charge in [-0.3, -0.25) is 4.79 Å². The molecule has 6 nitrogen and oxygen atoms in total. The lowest BCUT2D eigenvalue weighted by molar-refractivity contribution is -0.141. The molecule has 1 heterocycles. The van der Waals surface area contributed by atoms with Gasteiger partial charge in [0.25, 0.3) is 0 Å². The number of anilines is 2. The molecule has 2 rings (SSSR count). The summed E-state index contributed by atoms with van der Waals surface area (Å²) in [5.41, 5.74) is 6.69. The van der Waals surface area contributed by atoms with E-state index in [1.165, 1.54) is 7.11 Å². The van der Waals surface area contributed by atoms with Gasteiger partial charge < -0.3 is 15.4 Å². The van der Waals surface area contributed by atoms with Gasteiger partial charge in [-0.05, 0) is 18.2 Å². The molecule has 2 aromatic rings. The van der Waals surface area contributed by atoms with Crippen LogP contribution < -0.4 is 10.6 Å². The minimum atomic E-state index is -0.774. The summed E-state index contributed by atoms with van der Waals surface area (Å²) in [6.45, 7) is 0.237. The first kappa shape index (κ1) is 14.0. The number of nitrogens with zero attached hydrogens (tertiary/aromatic N) is 3. The topological polar surface area (TPSA) is 81.3 Å². The first-order valence-corrected chi connectivity index (χ1v) is 6.15. The molecule has 0 bridgehead atoms. The third-order valence-corrected chi connectivity index (χ3v) is 2.74. The fourth-order valence-electron chi connectivity index (χ4n) is 1.76. The number of rotatable bonds is 5. The molecule has 1 aromatic carbocycles. The van der Waals surface area contributed by atoms with E-state index >= 15 is 0 Å². The molecule has 0 aliphatic heterocycles. The van der Waals surface area contributed by atoms with Gasteiger partial charge in [0, 0.05) is 18.1 Å². The molecule has 0 spiro atoms. The number of ether oxygens (including phenoxy) is 1. The zero-order valence-electron chi connectivity index (χ0n) is 11.1. The maximum Gasteiger partial charge on any atom is 0.324 e. The van der Waals surface area contributed by atoms with Crippen LogP contribution in [0.15, 0.2) is 48.8 Å². The summed E-state index contributed by atoms with van der Waals surface area (Å²) in [6, 6.07) is 10.5. The number of hydrogen-bond donors (Lipinski definition) is 1. The summed E-state index contributed by atoms with van der Waals surface area (Å²) in [5, 5.41) is 0. The largest absolute Gasteiger partial charge is 0.468 e. The molecule has 2 N–H and O–H groups in total. The maximum absolute atomic E-state index is 11.5. The summed E-state index contributed by atoms with van der Waals surface area (Å²) in [6.07, 6.45) is 3.28. The summed E-state index contributed by atoms with van der Waals surface area (Å²) in [7, 11) is 1.31. The van der Waals surface area contributed by atoms with Crippen molar-refractivity contribution in [3.8, 4) is 0 Å². The Hall–Kier alpha value is -2.47. The number of nitrogens with two attached hydrogens (primary N) is 1. The Balaban J connectivity index is 2.28. The van der Waals surface area contributed by atoms with Crippen LogP contribution in [0.25, 0.3) is 0 Å². The number of esters is 1. The number of para-hydroxylation sites is 1. The van der Waals surface area contributed by atoms with Crippen molar-refractivity contribution in [2.45, 2.75) is 6.04 Å². The summed E-state index contributed by atoms with van der Waals surface area (Å²) >= 11 is 0. The van der Waals surface area contributed by atoms with E-state index in [1.54, 1.807) is 23.4 Å². The zero-order valence-corrected chi connectivity index (χ0v) is 11.1. The quantitative estimate of drug-likeness (QED) is 0.821. The highest BCUT2D eigenvalue weighted by atomic mass is 16.5. The smallest absolute Gasteiger partial charge is 0.324 e. The molecule has 0 aliphatic rings. The fourth-order valence-corrected chi connectivity index (χ4v) is 1.76. The van der Waals surface area contributed by atoms with Gasteiger partial charge in [-0.15, -0.1) is 0 Å². The second-order valence-electron chi connectivity index (χ2n) is 4.12. The monoisotopic (exact) mass is 272 g/mol. The van der Waals surface area contributed by atoms with Crippen molar-refractivity contribution in [3.05, 3.63) is 48.8 Å². The standard InChI is InChI=1S/C14H16N4O2/c1-20-13(19)12(15)10-18(11-6-3-2-4-7-11)14-16-8-5-9-17-14/h2-9,12H,10,15H2,1H3/t12-/m0/s1. The lowest BCUT2D eigenvalue weighted by Crippen LogP contribution is -2.42. The van der Waals surface area contributed by atoms with Crippen molar-refractivity contribution >= 4 is 17.6 Å². The molecule has 6 heteroatoms. The Bertz CT molecular complexity index is 508. The fraction of sp³-hybridized carbons (Fsp3) is 0.214. The van der Waals surface area contributed by atoms with Crippen molar-refractivity contribution in [3.63, 3.8) is 0 Å².